The van der Waals surface area contributed by atoms with Crippen LogP contribution in [-0.4, -0.2) is 39.6 Å². The van der Waals surface area contributed by atoms with E-state index in [0.717, 1.165) is 10.6 Å². The number of nitrogens with zero attached hydrogens (tertiary/aromatic N) is 2. The largest absolute Gasteiger partial charge is 0.385 e. The maximum Gasteiger partial charge on any atom is 0.323 e. The third-order valence-corrected chi connectivity index (χ3v) is 2.28. The summed E-state index contributed by atoms with van der Waals surface area (Å²) in [6, 6.07) is 2.32. The summed E-state index contributed by atoms with van der Waals surface area (Å²) in [6.07, 6.45) is -4.93. The van der Waals surface area contributed by atoms with E-state index < -0.39 is 29.9 Å². The van der Waals surface area contributed by atoms with Crippen molar-refractivity contribution in [1.82, 2.24) is 9.88 Å². The Morgan fingerprint density at radius 3 is 2.67 bits per heavy atom. The molecule has 1 aromatic heterocycles. The van der Waals surface area contributed by atoms with E-state index in [1.165, 1.54) is 13.1 Å². The number of amides is 1. The first-order chi connectivity index (χ1) is 8.34. The smallest absolute Gasteiger partial charge is 0.323 e. The average molecular weight is 263 g/mol. The molecule has 0 spiro atoms. The van der Waals surface area contributed by atoms with E-state index >= 15 is 0 Å². The molecule has 0 radical (unpaired) electrons. The maximum absolute atomic E-state index is 12.0. The quantitative estimate of drug-likeness (QED) is 0.589. The van der Waals surface area contributed by atoms with Gasteiger partial charge in [0.25, 0.3) is 12.3 Å². The number of nitrogens with one attached hydrogen (secondary N) is 1. The van der Waals surface area contributed by atoms with Gasteiger partial charge in [0.15, 0.2) is 5.69 Å². The minimum absolute atomic E-state index is 0.0526. The Labute approximate surface area is 100 Å². The zero-order valence-electron chi connectivity index (χ0n) is 9.34. The lowest BCUT2D eigenvalue weighted by atomic mass is 10.3. The Morgan fingerprint density at radius 1 is 1.61 bits per heavy atom. The number of aromatic nitrogens is 1. The molecule has 1 rings (SSSR count). The third kappa shape index (κ3) is 3.00. The first-order valence-electron chi connectivity index (χ1n) is 4.89. The molecule has 1 aromatic rings. The molecule has 0 fully saturated rings. The molecule has 18 heavy (non-hydrogen) atoms. The van der Waals surface area contributed by atoms with E-state index in [2.05, 4.69) is 5.32 Å². The summed E-state index contributed by atoms with van der Waals surface area (Å²) in [6.45, 7) is -0.629. The molecule has 100 valence electrons. The monoisotopic (exact) mass is 263 g/mol. The Bertz CT molecular complexity index is 461. The van der Waals surface area contributed by atoms with Crippen LogP contribution in [0.5, 0.6) is 0 Å². The standard InChI is InChI=1S/C9H11F2N3O4/c1-13-5(2-3-7(13)14(17)18)9(16)12-4-6(15)8(10)11/h2-3,6,8,15H,4H2,1H3,(H,12,16). The molecule has 0 aliphatic heterocycles. The summed E-state index contributed by atoms with van der Waals surface area (Å²) >= 11 is 0. The molecule has 2 N–H and O–H groups in total. The van der Waals surface area contributed by atoms with Crippen LogP contribution in [0.4, 0.5) is 14.6 Å². The van der Waals surface area contributed by atoms with Gasteiger partial charge in [0.1, 0.15) is 6.10 Å². The maximum atomic E-state index is 12.0. The highest BCUT2D eigenvalue weighted by atomic mass is 19.3. The number of aliphatic hydroxyl groups is 1. The van der Waals surface area contributed by atoms with E-state index in [1.807, 2.05) is 0 Å². The first-order valence-corrected chi connectivity index (χ1v) is 4.89. The fraction of sp³-hybridized carbons (Fsp3) is 0.444. The molecule has 7 nitrogen and oxygen atoms in total. The molecule has 0 aromatic carbocycles. The highest BCUT2D eigenvalue weighted by Gasteiger charge is 2.22. The molecule has 9 heteroatoms. The normalized spacial score (nSPS) is 12.5. The number of carbonyl (C=O) groups is 1. The van der Waals surface area contributed by atoms with Crippen molar-refractivity contribution < 1.29 is 23.6 Å². The van der Waals surface area contributed by atoms with Gasteiger partial charge in [-0.05, 0) is 11.0 Å². The minimum atomic E-state index is -2.96. The van der Waals surface area contributed by atoms with Gasteiger partial charge in [-0.2, -0.15) is 0 Å². The molecular weight excluding hydrogens is 252 g/mol. The van der Waals surface area contributed by atoms with E-state index in [-0.39, 0.29) is 11.5 Å². The lowest BCUT2D eigenvalue weighted by Crippen LogP contribution is -2.36. The van der Waals surface area contributed by atoms with E-state index in [4.69, 9.17) is 5.11 Å². The Kier molecular flexibility index (Phi) is 4.32. The van der Waals surface area contributed by atoms with E-state index in [0.29, 0.717) is 0 Å². The predicted octanol–water partition coefficient (Wildman–Crippen LogP) is 0.289. The molecule has 0 aliphatic rings. The number of aliphatic hydroxyl groups excluding tert-OH is 1. The van der Waals surface area contributed by atoms with Crippen LogP contribution in [0.3, 0.4) is 0 Å². The highest BCUT2D eigenvalue weighted by molar-refractivity contribution is 5.93. The molecule has 0 aliphatic carbocycles. The lowest BCUT2D eigenvalue weighted by molar-refractivity contribution is -0.391. The van der Waals surface area contributed by atoms with Gasteiger partial charge >= 0.3 is 5.82 Å². The van der Waals surface area contributed by atoms with Crippen molar-refractivity contribution in [1.29, 1.82) is 0 Å². The molecule has 0 bridgehead atoms. The zero-order valence-corrected chi connectivity index (χ0v) is 9.34. The van der Waals surface area contributed by atoms with Crippen molar-refractivity contribution in [2.75, 3.05) is 6.54 Å². The molecule has 1 heterocycles. The second-order valence-corrected chi connectivity index (χ2v) is 3.50. The molecule has 0 saturated heterocycles. The fourth-order valence-electron chi connectivity index (χ4n) is 1.29. The van der Waals surface area contributed by atoms with Crippen LogP contribution in [0.15, 0.2) is 12.1 Å². The number of hydrogen-bond acceptors (Lipinski definition) is 4. The lowest BCUT2D eigenvalue weighted by Gasteiger charge is -2.09. The number of nitro groups is 1. The summed E-state index contributed by atoms with van der Waals surface area (Å²) < 4.78 is 25.0. The minimum Gasteiger partial charge on any atom is -0.385 e. The van der Waals surface area contributed by atoms with Crippen molar-refractivity contribution >= 4 is 11.7 Å². The Morgan fingerprint density at radius 2 is 2.22 bits per heavy atom. The number of alkyl halides is 2. The summed E-state index contributed by atoms with van der Waals surface area (Å²) in [5, 5.41) is 21.4. The molecule has 0 saturated carbocycles. The predicted molar refractivity (Wildman–Crippen MR) is 56.4 cm³/mol. The van der Waals surface area contributed by atoms with Crippen LogP contribution in [0.2, 0.25) is 0 Å². The van der Waals surface area contributed by atoms with Crippen molar-refractivity contribution in [2.45, 2.75) is 12.5 Å². The van der Waals surface area contributed by atoms with Gasteiger partial charge in [0.05, 0.1) is 7.05 Å². The molecule has 1 amide bonds. The van der Waals surface area contributed by atoms with Crippen molar-refractivity contribution in [2.24, 2.45) is 7.05 Å². The summed E-state index contributed by atoms with van der Waals surface area (Å²) in [5.41, 5.74) is -0.0526. The molecular formula is C9H11F2N3O4. The van der Waals surface area contributed by atoms with E-state index in [9.17, 15) is 23.7 Å². The van der Waals surface area contributed by atoms with Crippen molar-refractivity contribution in [3.63, 3.8) is 0 Å². The van der Waals surface area contributed by atoms with Gasteiger partial charge in [0, 0.05) is 12.6 Å². The van der Waals surface area contributed by atoms with Crippen LogP contribution in [0.1, 0.15) is 10.5 Å². The van der Waals surface area contributed by atoms with Crippen LogP contribution < -0.4 is 5.32 Å². The van der Waals surface area contributed by atoms with Crippen LogP contribution in [0, 0.1) is 10.1 Å². The summed E-state index contributed by atoms with van der Waals surface area (Å²) in [7, 11) is 1.30. The van der Waals surface area contributed by atoms with Crippen molar-refractivity contribution in [3.05, 3.63) is 27.9 Å². The molecule has 1 atom stereocenters. The summed E-state index contributed by atoms with van der Waals surface area (Å²) in [5.74, 6) is -1.07. The molecule has 1 unspecified atom stereocenters. The number of halogens is 2. The van der Waals surface area contributed by atoms with Gasteiger partial charge in [-0.1, -0.05) is 0 Å². The first kappa shape index (κ1) is 14.0. The number of hydrogen-bond donors (Lipinski definition) is 2. The van der Waals surface area contributed by atoms with Gasteiger partial charge < -0.3 is 20.5 Å². The number of rotatable bonds is 5. The van der Waals surface area contributed by atoms with Gasteiger partial charge in [-0.15, -0.1) is 0 Å². The second-order valence-electron chi connectivity index (χ2n) is 3.50. The van der Waals surface area contributed by atoms with Crippen LogP contribution >= 0.6 is 0 Å². The van der Waals surface area contributed by atoms with E-state index in [1.54, 1.807) is 0 Å². The second kappa shape index (κ2) is 5.54. The number of carbonyl (C=O) groups excluding carboxylic acids is 1. The Hall–Kier alpha value is -2.03. The van der Waals surface area contributed by atoms with Gasteiger partial charge in [0.2, 0.25) is 0 Å². The van der Waals surface area contributed by atoms with Gasteiger partial charge in [-0.3, -0.25) is 4.79 Å². The fourth-order valence-corrected chi connectivity index (χ4v) is 1.29. The third-order valence-electron chi connectivity index (χ3n) is 2.28. The van der Waals surface area contributed by atoms with Crippen molar-refractivity contribution in [3.8, 4) is 0 Å². The SMILES string of the molecule is Cn1c(C(=O)NCC(O)C(F)F)ccc1[N+](=O)[O-]. The average Bonchev–Trinajstić information content (AvgIpc) is 2.67. The Balaban J connectivity index is 2.71. The van der Waals surface area contributed by atoms with Gasteiger partial charge in [-0.25, -0.2) is 13.3 Å². The highest BCUT2D eigenvalue weighted by Crippen LogP contribution is 2.14. The zero-order chi connectivity index (χ0) is 13.9. The van der Waals surface area contributed by atoms with Crippen LogP contribution in [-0.2, 0) is 7.05 Å². The summed E-state index contributed by atoms with van der Waals surface area (Å²) in [4.78, 5) is 21.4. The topological polar surface area (TPSA) is 97.4 Å². The van der Waals surface area contributed by atoms with Crippen LogP contribution in [0.25, 0.3) is 0 Å².